The fourth-order valence-electron chi connectivity index (χ4n) is 7.84. The third-order valence-electron chi connectivity index (χ3n) is 12.0. The molecule has 6 nitrogen and oxygen atoms in total. The highest BCUT2D eigenvalue weighted by Crippen LogP contribution is 2.15. The normalized spacial score (nSPS) is 12.5. The van der Waals surface area contributed by atoms with Crippen LogP contribution in [0.25, 0.3) is 0 Å². The Labute approximate surface area is 402 Å². The van der Waals surface area contributed by atoms with E-state index in [1.54, 1.807) is 0 Å². The first-order valence-electron chi connectivity index (χ1n) is 27.8. The van der Waals surface area contributed by atoms with Gasteiger partial charge in [0, 0.05) is 19.3 Å². The zero-order valence-electron chi connectivity index (χ0n) is 43.0. The van der Waals surface area contributed by atoms with E-state index in [9.17, 15) is 14.4 Å². The summed E-state index contributed by atoms with van der Waals surface area (Å²) < 4.78 is 16.8. The van der Waals surface area contributed by atoms with E-state index in [0.717, 1.165) is 103 Å². The summed E-state index contributed by atoms with van der Waals surface area (Å²) in [6.07, 6.45) is 66.4. The van der Waals surface area contributed by atoms with Crippen LogP contribution in [0.1, 0.15) is 278 Å². The van der Waals surface area contributed by atoms with Crippen molar-refractivity contribution in [3.05, 3.63) is 60.8 Å². The van der Waals surface area contributed by atoms with E-state index in [4.69, 9.17) is 14.2 Å². The Bertz CT molecular complexity index is 1180. The van der Waals surface area contributed by atoms with E-state index in [-0.39, 0.29) is 31.1 Å². The van der Waals surface area contributed by atoms with Gasteiger partial charge in [-0.2, -0.15) is 0 Å². The van der Waals surface area contributed by atoms with E-state index in [1.807, 2.05) is 0 Å². The Morgan fingerprint density at radius 2 is 0.615 bits per heavy atom. The Morgan fingerprint density at radius 1 is 0.323 bits per heavy atom. The predicted molar refractivity (Wildman–Crippen MR) is 279 cm³/mol. The maximum Gasteiger partial charge on any atom is 0.306 e. The molecule has 0 aromatic rings. The first-order valence-corrected chi connectivity index (χ1v) is 27.8. The van der Waals surface area contributed by atoms with Crippen LogP contribution in [-0.4, -0.2) is 37.2 Å². The van der Waals surface area contributed by atoms with Gasteiger partial charge in [-0.1, -0.05) is 229 Å². The summed E-state index contributed by atoms with van der Waals surface area (Å²) in [6.45, 7) is 6.49. The maximum atomic E-state index is 12.8. The maximum absolute atomic E-state index is 12.8. The highest BCUT2D eigenvalue weighted by atomic mass is 16.6. The minimum atomic E-state index is -0.790. The van der Waals surface area contributed by atoms with Crippen LogP contribution in [-0.2, 0) is 28.6 Å². The van der Waals surface area contributed by atoms with Crippen molar-refractivity contribution in [2.24, 2.45) is 0 Å². The summed E-state index contributed by atoms with van der Waals surface area (Å²) in [6, 6.07) is 0. The highest BCUT2D eigenvalue weighted by molar-refractivity contribution is 5.71. The Balaban J connectivity index is 4.39. The third-order valence-corrected chi connectivity index (χ3v) is 12.0. The van der Waals surface area contributed by atoms with Gasteiger partial charge in [0.2, 0.25) is 0 Å². The van der Waals surface area contributed by atoms with Crippen LogP contribution in [0.5, 0.6) is 0 Å². The number of hydrogen-bond acceptors (Lipinski definition) is 6. The van der Waals surface area contributed by atoms with Gasteiger partial charge < -0.3 is 14.2 Å². The van der Waals surface area contributed by atoms with Gasteiger partial charge in [-0.05, 0) is 89.9 Å². The molecule has 1 unspecified atom stereocenters. The van der Waals surface area contributed by atoms with Crippen molar-refractivity contribution in [2.45, 2.75) is 284 Å². The molecule has 0 aliphatic carbocycles. The molecule has 0 aliphatic rings. The molecule has 0 fully saturated rings. The number of carbonyl (C=O) groups excluding carboxylic acids is 3. The summed E-state index contributed by atoms with van der Waals surface area (Å²) in [4.78, 5) is 38.1. The molecule has 0 N–H and O–H groups in total. The summed E-state index contributed by atoms with van der Waals surface area (Å²) >= 11 is 0. The molecule has 0 amide bonds. The third kappa shape index (κ3) is 51.9. The molecule has 0 aliphatic heterocycles. The van der Waals surface area contributed by atoms with Gasteiger partial charge in [0.15, 0.2) is 6.10 Å². The molecule has 376 valence electrons. The van der Waals surface area contributed by atoms with Gasteiger partial charge in [0.1, 0.15) is 13.2 Å². The van der Waals surface area contributed by atoms with Gasteiger partial charge in [0.25, 0.3) is 0 Å². The molecule has 0 aromatic heterocycles. The molecule has 0 heterocycles. The van der Waals surface area contributed by atoms with Crippen molar-refractivity contribution >= 4 is 17.9 Å². The van der Waals surface area contributed by atoms with Gasteiger partial charge in [-0.15, -0.1) is 0 Å². The Morgan fingerprint density at radius 3 is 0.969 bits per heavy atom. The van der Waals surface area contributed by atoms with E-state index in [2.05, 4.69) is 81.5 Å². The molecule has 0 spiro atoms. The second-order valence-electron chi connectivity index (χ2n) is 18.5. The van der Waals surface area contributed by atoms with Crippen LogP contribution in [0, 0.1) is 0 Å². The fraction of sp³-hybridized carbons (Fsp3) is 0.780. The van der Waals surface area contributed by atoms with Crippen LogP contribution in [0.2, 0.25) is 0 Å². The molecule has 0 aromatic carbocycles. The molecule has 1 atom stereocenters. The molecule has 0 rings (SSSR count). The zero-order valence-corrected chi connectivity index (χ0v) is 43.0. The van der Waals surface area contributed by atoms with Gasteiger partial charge in [0.05, 0.1) is 0 Å². The standard InChI is InChI=1S/C59H104O6/c1-4-7-10-13-16-19-22-25-27-29-30-32-34-37-40-43-46-49-52-58(61)64-55-56(54-63-57(60)51-48-45-42-39-36-33-24-21-18-15-12-9-6-3)65-59(62)53-50-47-44-41-38-35-31-28-26-23-20-17-14-11-8-5-2/h9,12,15,18,21,24,28,30-32,56H,4-8,10-11,13-14,16-17,19-20,22-23,25-27,29,33-55H2,1-3H3/b12-9-,18-15-,24-21-,31-28-,32-30-. The lowest BCUT2D eigenvalue weighted by atomic mass is 10.1. The lowest BCUT2D eigenvalue weighted by Gasteiger charge is -2.18. The molecular formula is C59H104O6. The van der Waals surface area contributed by atoms with E-state index in [0.29, 0.717) is 19.3 Å². The summed E-state index contributed by atoms with van der Waals surface area (Å²) in [5.74, 6) is -0.917. The lowest BCUT2D eigenvalue weighted by Crippen LogP contribution is -2.30. The molecule has 0 saturated carbocycles. The van der Waals surface area contributed by atoms with Crippen LogP contribution >= 0.6 is 0 Å². The minimum absolute atomic E-state index is 0.0879. The molecule has 6 heteroatoms. The number of carbonyl (C=O) groups is 3. The van der Waals surface area contributed by atoms with Crippen LogP contribution in [0.3, 0.4) is 0 Å². The molecule has 0 saturated heterocycles. The largest absolute Gasteiger partial charge is 0.462 e. The molecule has 65 heavy (non-hydrogen) atoms. The number of unbranched alkanes of at least 4 members (excludes halogenated alkanes) is 31. The second-order valence-corrected chi connectivity index (χ2v) is 18.5. The minimum Gasteiger partial charge on any atom is -0.462 e. The number of ether oxygens (including phenoxy) is 3. The van der Waals surface area contributed by atoms with Crippen molar-refractivity contribution < 1.29 is 28.6 Å². The van der Waals surface area contributed by atoms with Crippen molar-refractivity contribution in [1.82, 2.24) is 0 Å². The van der Waals surface area contributed by atoms with E-state index < -0.39 is 6.10 Å². The second kappa shape index (κ2) is 53.7. The van der Waals surface area contributed by atoms with E-state index >= 15 is 0 Å². The molecular weight excluding hydrogens is 805 g/mol. The van der Waals surface area contributed by atoms with E-state index in [1.165, 1.54) is 135 Å². The summed E-state index contributed by atoms with van der Waals surface area (Å²) in [7, 11) is 0. The summed E-state index contributed by atoms with van der Waals surface area (Å²) in [5, 5.41) is 0. The van der Waals surface area contributed by atoms with Gasteiger partial charge >= 0.3 is 17.9 Å². The Hall–Kier alpha value is -2.89. The highest BCUT2D eigenvalue weighted by Gasteiger charge is 2.19. The quantitative estimate of drug-likeness (QED) is 0.0199. The van der Waals surface area contributed by atoms with Crippen molar-refractivity contribution in [2.75, 3.05) is 13.2 Å². The summed E-state index contributed by atoms with van der Waals surface area (Å²) in [5.41, 5.74) is 0. The van der Waals surface area contributed by atoms with Crippen molar-refractivity contribution in [3.8, 4) is 0 Å². The first kappa shape index (κ1) is 62.1. The number of rotatable bonds is 50. The average molecular weight is 909 g/mol. The number of allylic oxidation sites excluding steroid dienone is 10. The number of hydrogen-bond donors (Lipinski definition) is 0. The smallest absolute Gasteiger partial charge is 0.306 e. The van der Waals surface area contributed by atoms with Crippen LogP contribution < -0.4 is 0 Å². The predicted octanol–water partition coefficient (Wildman–Crippen LogP) is 18.4. The van der Waals surface area contributed by atoms with Crippen LogP contribution in [0.4, 0.5) is 0 Å². The topological polar surface area (TPSA) is 78.9 Å². The monoisotopic (exact) mass is 909 g/mol. The van der Waals surface area contributed by atoms with Crippen LogP contribution in [0.15, 0.2) is 60.8 Å². The van der Waals surface area contributed by atoms with Gasteiger partial charge in [-0.25, -0.2) is 0 Å². The average Bonchev–Trinajstić information content (AvgIpc) is 3.30. The SMILES string of the molecule is CC\C=C/C=C\C=C/CCCCCCCC(=O)OCC(COC(=O)CCCCCCC/C=C\CCCCCCCCCCC)OC(=O)CCCCCCC/C=C\CCCCCCCCC. The molecule has 0 radical (unpaired) electrons. The van der Waals surface area contributed by atoms with Crippen molar-refractivity contribution in [3.63, 3.8) is 0 Å². The van der Waals surface area contributed by atoms with Crippen molar-refractivity contribution in [1.29, 1.82) is 0 Å². The lowest BCUT2D eigenvalue weighted by molar-refractivity contribution is -0.167. The van der Waals surface area contributed by atoms with Gasteiger partial charge in [-0.3, -0.25) is 14.4 Å². The first-order chi connectivity index (χ1) is 32.0. The zero-order chi connectivity index (χ0) is 47.2. The Kier molecular flexibility index (Phi) is 51.3. The fourth-order valence-corrected chi connectivity index (χ4v) is 7.84. The number of esters is 3. The molecule has 0 bridgehead atoms.